The standard InChI is InChI=1S/C18H24N6O3/c1-2-19-17(26)22-15-16-20-12-21-24(16)8-6-18(15)5-7-23(11-18)14(25)10-13-4-3-9-27-13/h3-4,9,12,15H,2,5-8,10-11H2,1H3,(H2,19,22,26)/t15-,18-/m1/s1. The molecule has 0 bridgehead atoms. The molecule has 144 valence electrons. The molecule has 0 aromatic carbocycles. The third-order valence-corrected chi connectivity index (χ3v) is 5.59. The van der Waals surface area contributed by atoms with E-state index in [0.29, 0.717) is 25.4 Å². The zero-order valence-corrected chi connectivity index (χ0v) is 15.4. The van der Waals surface area contributed by atoms with Crippen LogP contribution in [0.25, 0.3) is 0 Å². The van der Waals surface area contributed by atoms with Crippen molar-refractivity contribution < 1.29 is 14.0 Å². The van der Waals surface area contributed by atoms with E-state index in [1.807, 2.05) is 22.6 Å². The van der Waals surface area contributed by atoms with Crippen molar-refractivity contribution in [2.24, 2.45) is 5.41 Å². The summed E-state index contributed by atoms with van der Waals surface area (Å²) in [6.07, 6.45) is 5.02. The van der Waals surface area contributed by atoms with E-state index in [9.17, 15) is 9.59 Å². The molecule has 9 nitrogen and oxygen atoms in total. The van der Waals surface area contributed by atoms with Gasteiger partial charge in [-0.2, -0.15) is 5.10 Å². The van der Waals surface area contributed by atoms with E-state index < -0.39 is 0 Å². The van der Waals surface area contributed by atoms with Crippen LogP contribution in [0.1, 0.15) is 37.4 Å². The Balaban J connectivity index is 1.53. The van der Waals surface area contributed by atoms with Gasteiger partial charge in [-0.3, -0.25) is 4.79 Å². The summed E-state index contributed by atoms with van der Waals surface area (Å²) in [4.78, 5) is 31.2. The summed E-state index contributed by atoms with van der Waals surface area (Å²) in [5.74, 6) is 1.47. The number of aryl methyl sites for hydroxylation is 1. The summed E-state index contributed by atoms with van der Waals surface area (Å²) in [5, 5.41) is 10.1. The third kappa shape index (κ3) is 3.29. The lowest BCUT2D eigenvalue weighted by atomic mass is 9.74. The quantitative estimate of drug-likeness (QED) is 0.836. The molecule has 2 N–H and O–H groups in total. The van der Waals surface area contributed by atoms with Gasteiger partial charge >= 0.3 is 6.03 Å². The maximum atomic E-state index is 12.7. The highest BCUT2D eigenvalue weighted by atomic mass is 16.3. The Morgan fingerprint density at radius 1 is 1.37 bits per heavy atom. The second-order valence-corrected chi connectivity index (χ2v) is 7.21. The number of aromatic nitrogens is 3. The summed E-state index contributed by atoms with van der Waals surface area (Å²) in [7, 11) is 0. The molecule has 1 saturated heterocycles. The van der Waals surface area contributed by atoms with Crippen molar-refractivity contribution in [3.63, 3.8) is 0 Å². The number of amides is 3. The summed E-state index contributed by atoms with van der Waals surface area (Å²) in [6.45, 7) is 4.43. The summed E-state index contributed by atoms with van der Waals surface area (Å²) in [5.41, 5.74) is -0.229. The van der Waals surface area contributed by atoms with Gasteiger partial charge in [0.05, 0.1) is 18.7 Å². The summed E-state index contributed by atoms with van der Waals surface area (Å²) < 4.78 is 7.15. The molecular weight excluding hydrogens is 348 g/mol. The normalized spacial score (nSPS) is 24.0. The number of furan rings is 1. The van der Waals surface area contributed by atoms with Gasteiger partial charge in [-0.15, -0.1) is 0 Å². The van der Waals surface area contributed by atoms with Crippen LogP contribution in [0.4, 0.5) is 4.79 Å². The maximum absolute atomic E-state index is 12.7. The topological polar surface area (TPSA) is 105 Å². The van der Waals surface area contributed by atoms with Crippen LogP contribution >= 0.6 is 0 Å². The average molecular weight is 372 g/mol. The van der Waals surface area contributed by atoms with E-state index in [-0.39, 0.29) is 29.8 Å². The molecule has 4 heterocycles. The fourth-order valence-corrected chi connectivity index (χ4v) is 4.20. The molecule has 2 aliphatic heterocycles. The van der Waals surface area contributed by atoms with Crippen molar-refractivity contribution in [1.82, 2.24) is 30.3 Å². The van der Waals surface area contributed by atoms with Gasteiger partial charge < -0.3 is 20.0 Å². The van der Waals surface area contributed by atoms with E-state index in [0.717, 1.165) is 25.2 Å². The lowest BCUT2D eigenvalue weighted by Gasteiger charge is -2.40. The van der Waals surface area contributed by atoms with Crippen LogP contribution < -0.4 is 10.6 Å². The number of fused-ring (bicyclic) bond motifs is 1. The maximum Gasteiger partial charge on any atom is 0.315 e. The molecule has 4 rings (SSSR count). The number of carbonyl (C=O) groups excluding carboxylic acids is 2. The minimum atomic E-state index is -0.276. The second-order valence-electron chi connectivity index (χ2n) is 7.21. The Hall–Kier alpha value is -2.84. The lowest BCUT2D eigenvalue weighted by Crippen LogP contribution is -2.50. The number of nitrogens with zero attached hydrogens (tertiary/aromatic N) is 4. The zero-order valence-electron chi connectivity index (χ0n) is 15.4. The van der Waals surface area contributed by atoms with Crippen LogP contribution in [0, 0.1) is 5.41 Å². The van der Waals surface area contributed by atoms with E-state index in [4.69, 9.17) is 4.42 Å². The van der Waals surface area contributed by atoms with Gasteiger partial charge in [-0.25, -0.2) is 14.5 Å². The van der Waals surface area contributed by atoms with Gasteiger partial charge in [0.15, 0.2) is 0 Å². The lowest BCUT2D eigenvalue weighted by molar-refractivity contribution is -0.130. The van der Waals surface area contributed by atoms with Crippen LogP contribution in [-0.4, -0.2) is 51.2 Å². The molecule has 0 aliphatic carbocycles. The number of rotatable bonds is 4. The first-order chi connectivity index (χ1) is 13.1. The second kappa shape index (κ2) is 7.05. The minimum Gasteiger partial charge on any atom is -0.469 e. The third-order valence-electron chi connectivity index (χ3n) is 5.59. The van der Waals surface area contributed by atoms with E-state index in [1.54, 1.807) is 12.3 Å². The molecule has 27 heavy (non-hydrogen) atoms. The first-order valence-corrected chi connectivity index (χ1v) is 9.33. The molecule has 1 spiro atoms. The van der Waals surface area contributed by atoms with Crippen LogP contribution in [-0.2, 0) is 17.8 Å². The van der Waals surface area contributed by atoms with Gasteiger partial charge in [-0.1, -0.05) is 0 Å². The highest BCUT2D eigenvalue weighted by Gasteiger charge is 2.50. The average Bonchev–Trinajstić information content (AvgIpc) is 3.39. The number of likely N-dealkylation sites (tertiary alicyclic amines) is 1. The van der Waals surface area contributed by atoms with E-state index >= 15 is 0 Å². The molecule has 2 aliphatic rings. The molecule has 1 fully saturated rings. The molecule has 0 radical (unpaired) electrons. The summed E-state index contributed by atoms with van der Waals surface area (Å²) in [6, 6.07) is 3.10. The molecule has 2 aromatic heterocycles. The predicted molar refractivity (Wildman–Crippen MR) is 95.6 cm³/mol. The highest BCUT2D eigenvalue weighted by molar-refractivity contribution is 5.78. The number of urea groups is 1. The smallest absolute Gasteiger partial charge is 0.315 e. The van der Waals surface area contributed by atoms with Crippen LogP contribution in [0.15, 0.2) is 29.1 Å². The molecule has 2 aromatic rings. The molecule has 0 saturated carbocycles. The summed E-state index contributed by atoms with van der Waals surface area (Å²) >= 11 is 0. The van der Waals surface area contributed by atoms with Crippen molar-refractivity contribution in [2.75, 3.05) is 19.6 Å². The molecule has 2 atom stereocenters. The Morgan fingerprint density at radius 3 is 3.00 bits per heavy atom. The molecular formula is C18H24N6O3. The van der Waals surface area contributed by atoms with Crippen LogP contribution in [0.3, 0.4) is 0 Å². The van der Waals surface area contributed by atoms with Gasteiger partial charge in [-0.05, 0) is 31.9 Å². The zero-order chi connectivity index (χ0) is 18.9. The van der Waals surface area contributed by atoms with Crippen molar-refractivity contribution >= 4 is 11.9 Å². The highest BCUT2D eigenvalue weighted by Crippen LogP contribution is 2.47. The number of carbonyl (C=O) groups is 2. The van der Waals surface area contributed by atoms with Crippen LogP contribution in [0.2, 0.25) is 0 Å². The molecule has 3 amide bonds. The first kappa shape index (κ1) is 17.6. The Kier molecular flexibility index (Phi) is 4.59. The van der Waals surface area contributed by atoms with Gasteiger partial charge in [0.2, 0.25) is 5.91 Å². The predicted octanol–water partition coefficient (Wildman–Crippen LogP) is 1.10. The Labute approximate surface area is 157 Å². The van der Waals surface area contributed by atoms with E-state index in [1.165, 1.54) is 6.33 Å². The minimum absolute atomic E-state index is 0.0469. The fourth-order valence-electron chi connectivity index (χ4n) is 4.20. The fraction of sp³-hybridized carbons (Fsp3) is 0.556. The van der Waals surface area contributed by atoms with Gasteiger partial charge in [0, 0.05) is 31.6 Å². The Bertz CT molecular complexity index is 817. The number of nitrogens with one attached hydrogen (secondary N) is 2. The monoisotopic (exact) mass is 372 g/mol. The van der Waals surface area contributed by atoms with Gasteiger partial charge in [0.25, 0.3) is 0 Å². The van der Waals surface area contributed by atoms with Crippen molar-refractivity contribution in [3.05, 3.63) is 36.3 Å². The largest absolute Gasteiger partial charge is 0.469 e. The molecule has 0 unspecified atom stereocenters. The van der Waals surface area contributed by atoms with Crippen LogP contribution in [0.5, 0.6) is 0 Å². The number of hydrogen-bond donors (Lipinski definition) is 2. The Morgan fingerprint density at radius 2 is 2.22 bits per heavy atom. The SMILES string of the molecule is CCNC(=O)N[C@@H]1c2ncnn2CC[C@@]12CCN(C(=O)Cc1ccco1)C2. The van der Waals surface area contributed by atoms with Gasteiger partial charge in [0.1, 0.15) is 17.9 Å². The number of hydrogen-bond acceptors (Lipinski definition) is 5. The van der Waals surface area contributed by atoms with Crippen molar-refractivity contribution in [1.29, 1.82) is 0 Å². The van der Waals surface area contributed by atoms with Crippen molar-refractivity contribution in [3.8, 4) is 0 Å². The van der Waals surface area contributed by atoms with E-state index in [2.05, 4.69) is 20.7 Å². The van der Waals surface area contributed by atoms with Crippen molar-refractivity contribution in [2.45, 2.75) is 38.8 Å². The molecule has 9 heteroatoms. The first-order valence-electron chi connectivity index (χ1n) is 9.33.